The SMILES string of the molecule is C=CCN(C[C@H]1C[C@@H](c2ccc(CO)cc2)O[C@@H](c2cccc(-c3cccc(CN4C(=O)CC(NC(=O)OCc5ccccc5)C4=O)c3)c2)O1)C1CCCC1. The molecule has 0 radical (unpaired) electrons. The number of likely N-dealkylation sites (tertiary alicyclic amines) is 1. The second kappa shape index (κ2) is 18.0. The number of amides is 3. The molecule has 2 heterocycles. The number of rotatable bonds is 14. The molecule has 1 aliphatic carbocycles. The van der Waals surface area contributed by atoms with Crippen LogP contribution in [0, 0.1) is 0 Å². The predicted octanol–water partition coefficient (Wildman–Crippen LogP) is 7.38. The quantitative estimate of drug-likeness (QED) is 0.102. The molecule has 3 amide bonds. The number of nitrogens with zero attached hydrogens (tertiary/aromatic N) is 2. The molecule has 1 unspecified atom stereocenters. The van der Waals surface area contributed by atoms with Gasteiger partial charge in [0, 0.05) is 31.1 Å². The fourth-order valence-electron chi connectivity index (χ4n) is 7.87. The van der Waals surface area contributed by atoms with Crippen molar-refractivity contribution in [2.45, 2.75) is 88.9 Å². The topological polar surface area (TPSA) is 118 Å². The number of imide groups is 1. The normalized spacial score (nSPS) is 21.6. The minimum absolute atomic E-state index is 0.0134. The Bertz CT molecular complexity index is 1950. The third-order valence-electron chi connectivity index (χ3n) is 10.8. The zero-order valence-electron chi connectivity index (χ0n) is 31.1. The van der Waals surface area contributed by atoms with Crippen LogP contribution in [0.25, 0.3) is 11.1 Å². The van der Waals surface area contributed by atoms with E-state index in [4.69, 9.17) is 14.2 Å². The molecule has 7 rings (SSSR count). The molecule has 2 saturated heterocycles. The smallest absolute Gasteiger partial charge is 0.408 e. The van der Waals surface area contributed by atoms with E-state index in [1.165, 1.54) is 30.6 Å². The summed E-state index contributed by atoms with van der Waals surface area (Å²) in [6.45, 7) is 5.75. The number of hydrogen-bond donors (Lipinski definition) is 2. The molecule has 286 valence electrons. The van der Waals surface area contributed by atoms with Gasteiger partial charge in [-0.15, -0.1) is 6.58 Å². The van der Waals surface area contributed by atoms with Crippen molar-refractivity contribution in [3.8, 4) is 11.1 Å². The van der Waals surface area contributed by atoms with Gasteiger partial charge in [0.25, 0.3) is 5.91 Å². The first-order valence-corrected chi connectivity index (χ1v) is 19.2. The van der Waals surface area contributed by atoms with Crippen LogP contribution >= 0.6 is 0 Å². The van der Waals surface area contributed by atoms with Gasteiger partial charge < -0.3 is 24.6 Å². The van der Waals surface area contributed by atoms with Gasteiger partial charge in [0.05, 0.1) is 31.8 Å². The second-order valence-corrected chi connectivity index (χ2v) is 14.6. The van der Waals surface area contributed by atoms with Crippen molar-refractivity contribution in [2.24, 2.45) is 0 Å². The maximum absolute atomic E-state index is 13.3. The number of nitrogens with one attached hydrogen (secondary N) is 1. The Morgan fingerprint density at radius 1 is 0.873 bits per heavy atom. The summed E-state index contributed by atoms with van der Waals surface area (Å²) < 4.78 is 18.7. The third-order valence-corrected chi connectivity index (χ3v) is 10.8. The van der Waals surface area contributed by atoms with Gasteiger partial charge in [0.1, 0.15) is 12.6 Å². The van der Waals surface area contributed by atoms with Crippen molar-refractivity contribution < 1.29 is 33.7 Å². The molecule has 4 aromatic carbocycles. The number of alkyl carbamates (subject to hydrolysis) is 1. The van der Waals surface area contributed by atoms with Crippen molar-refractivity contribution in [3.63, 3.8) is 0 Å². The first kappa shape index (κ1) is 38.2. The summed E-state index contributed by atoms with van der Waals surface area (Å²) in [5, 5.41) is 12.2. The first-order valence-electron chi connectivity index (χ1n) is 19.2. The molecular formula is C45H49N3O7. The highest BCUT2D eigenvalue weighted by Gasteiger charge is 2.40. The summed E-state index contributed by atoms with van der Waals surface area (Å²) >= 11 is 0. The molecular weight excluding hydrogens is 695 g/mol. The lowest BCUT2D eigenvalue weighted by molar-refractivity contribution is -0.253. The number of benzene rings is 4. The zero-order valence-corrected chi connectivity index (χ0v) is 31.1. The molecule has 0 spiro atoms. The van der Waals surface area contributed by atoms with Crippen molar-refractivity contribution in [2.75, 3.05) is 13.1 Å². The van der Waals surface area contributed by atoms with Crippen molar-refractivity contribution >= 4 is 17.9 Å². The van der Waals surface area contributed by atoms with Crippen molar-refractivity contribution in [1.82, 2.24) is 15.1 Å². The zero-order chi connectivity index (χ0) is 38.1. The van der Waals surface area contributed by atoms with Gasteiger partial charge in [-0.2, -0.15) is 0 Å². The van der Waals surface area contributed by atoms with Gasteiger partial charge in [-0.25, -0.2) is 4.79 Å². The highest BCUT2D eigenvalue weighted by atomic mass is 16.7. The minimum Gasteiger partial charge on any atom is -0.445 e. The largest absolute Gasteiger partial charge is 0.445 e. The standard InChI is InChI=1S/C45H49N3O7/c1-2-22-47(38-16-6-7-17-38)28-39-25-41(34-20-18-31(29-49)19-21-34)55-44(54-39)37-15-9-14-36(24-37)35-13-8-12-33(23-35)27-48-42(50)26-40(43(48)51)46-45(52)53-30-32-10-4-3-5-11-32/h2-5,8-15,18-21,23-24,38-41,44,49H,1,6-7,16-17,22,25-30H2,(H,46,52)/t39-,40?,41+,44+/m1/s1. The number of carbonyl (C=O) groups excluding carboxylic acids is 3. The Labute approximate surface area is 322 Å². The van der Waals surface area contributed by atoms with E-state index in [-0.39, 0.29) is 44.3 Å². The Morgan fingerprint density at radius 2 is 1.60 bits per heavy atom. The number of aliphatic hydroxyl groups is 1. The number of ether oxygens (including phenoxy) is 3. The molecule has 55 heavy (non-hydrogen) atoms. The highest BCUT2D eigenvalue weighted by Crippen LogP contribution is 2.40. The Kier molecular flexibility index (Phi) is 12.5. The fourth-order valence-corrected chi connectivity index (χ4v) is 7.87. The van der Waals surface area contributed by atoms with E-state index in [2.05, 4.69) is 22.9 Å². The fraction of sp³-hybridized carbons (Fsp3) is 0.356. The summed E-state index contributed by atoms with van der Waals surface area (Å²) in [6.07, 6.45) is 5.81. The first-order chi connectivity index (χ1) is 26.9. The maximum atomic E-state index is 13.3. The highest BCUT2D eigenvalue weighted by molar-refractivity contribution is 6.06. The average molecular weight is 744 g/mol. The summed E-state index contributed by atoms with van der Waals surface area (Å²) in [5.74, 6) is -0.817. The Balaban J connectivity index is 1.04. The predicted molar refractivity (Wildman–Crippen MR) is 208 cm³/mol. The van der Waals surface area contributed by atoms with E-state index in [1.54, 1.807) is 0 Å². The third kappa shape index (κ3) is 9.58. The molecule has 2 aliphatic heterocycles. The van der Waals surface area contributed by atoms with E-state index in [0.29, 0.717) is 12.5 Å². The lowest BCUT2D eigenvalue weighted by Gasteiger charge is -2.39. The summed E-state index contributed by atoms with van der Waals surface area (Å²) in [4.78, 5) is 42.4. The second-order valence-electron chi connectivity index (χ2n) is 14.6. The molecule has 3 aliphatic rings. The van der Waals surface area contributed by atoms with Crippen molar-refractivity contribution in [3.05, 3.63) is 144 Å². The molecule has 0 aromatic heterocycles. The van der Waals surface area contributed by atoms with E-state index in [0.717, 1.165) is 52.0 Å². The van der Waals surface area contributed by atoms with Crippen molar-refractivity contribution in [1.29, 1.82) is 0 Å². The maximum Gasteiger partial charge on any atom is 0.408 e. The van der Waals surface area contributed by atoms with Gasteiger partial charge in [-0.3, -0.25) is 19.4 Å². The lowest BCUT2D eigenvalue weighted by Crippen LogP contribution is -2.43. The van der Waals surface area contributed by atoms with Gasteiger partial charge in [0.15, 0.2) is 6.29 Å². The summed E-state index contributed by atoms with van der Waals surface area (Å²) in [7, 11) is 0. The van der Waals surface area contributed by atoms with E-state index < -0.39 is 24.3 Å². The lowest BCUT2D eigenvalue weighted by atomic mass is 9.98. The van der Waals surface area contributed by atoms with Crippen LogP contribution in [0.5, 0.6) is 0 Å². The summed E-state index contributed by atoms with van der Waals surface area (Å²) in [6, 6.07) is 32.6. The van der Waals surface area contributed by atoms with Crippen LogP contribution < -0.4 is 5.32 Å². The monoisotopic (exact) mass is 743 g/mol. The molecule has 4 atom stereocenters. The number of carbonyl (C=O) groups is 3. The van der Waals surface area contributed by atoms with Crippen LogP contribution in [0.2, 0.25) is 0 Å². The van der Waals surface area contributed by atoms with Crippen LogP contribution in [0.1, 0.15) is 78.7 Å². The molecule has 10 nitrogen and oxygen atoms in total. The van der Waals surface area contributed by atoms with Crippen LogP contribution in [0.3, 0.4) is 0 Å². The van der Waals surface area contributed by atoms with E-state index in [9.17, 15) is 19.5 Å². The molecule has 0 bridgehead atoms. The van der Waals surface area contributed by atoms with Crippen LogP contribution in [0.15, 0.2) is 116 Å². The van der Waals surface area contributed by atoms with E-state index in [1.807, 2.05) is 103 Å². The van der Waals surface area contributed by atoms with Crippen LogP contribution in [-0.2, 0) is 43.6 Å². The van der Waals surface area contributed by atoms with Gasteiger partial charge in [-0.05, 0) is 58.4 Å². The number of hydrogen-bond acceptors (Lipinski definition) is 8. The van der Waals surface area contributed by atoms with Gasteiger partial charge in [0.2, 0.25) is 5.91 Å². The minimum atomic E-state index is -0.978. The Hall–Kier alpha value is -5.13. The average Bonchev–Trinajstić information content (AvgIpc) is 3.85. The van der Waals surface area contributed by atoms with Crippen LogP contribution in [0.4, 0.5) is 4.79 Å². The molecule has 4 aromatic rings. The Morgan fingerprint density at radius 3 is 2.35 bits per heavy atom. The van der Waals surface area contributed by atoms with Gasteiger partial charge >= 0.3 is 6.09 Å². The van der Waals surface area contributed by atoms with Gasteiger partial charge in [-0.1, -0.05) is 110 Å². The van der Waals surface area contributed by atoms with Crippen LogP contribution in [-0.4, -0.2) is 64.1 Å². The molecule has 10 heteroatoms. The number of aliphatic hydroxyl groups excluding tert-OH is 1. The molecule has 2 N–H and O–H groups in total. The molecule has 3 fully saturated rings. The van der Waals surface area contributed by atoms with E-state index >= 15 is 0 Å². The molecule has 1 saturated carbocycles. The summed E-state index contributed by atoms with van der Waals surface area (Å²) in [5.41, 5.74) is 6.24.